The van der Waals surface area contributed by atoms with Crippen LogP contribution in [0.15, 0.2) is 17.0 Å². The number of benzene rings is 1. The van der Waals surface area contributed by atoms with E-state index in [0.717, 1.165) is 11.2 Å². The van der Waals surface area contributed by atoms with Crippen molar-refractivity contribution in [1.82, 2.24) is 4.90 Å². The molecule has 2 rings (SSSR count). The minimum absolute atomic E-state index is 0.00731. The highest BCUT2D eigenvalue weighted by molar-refractivity contribution is 7.90. The summed E-state index contributed by atoms with van der Waals surface area (Å²) in [6.07, 6.45) is 0.760. The standard InChI is InChI=1S/C15H18FNO5S/c1-9-6-11(23(3,21)22)7-12(10(9)2)13(18)17-5-4-15(16,8-17)14(19)20/h6-7H,4-5,8H2,1-3H3,(H,19,20). The molecule has 1 atom stereocenters. The smallest absolute Gasteiger partial charge is 0.343 e. The summed E-state index contributed by atoms with van der Waals surface area (Å²) < 4.78 is 37.6. The fourth-order valence-electron chi connectivity index (χ4n) is 2.55. The summed E-state index contributed by atoms with van der Waals surface area (Å²) in [5.41, 5.74) is -1.08. The molecule has 0 aromatic heterocycles. The van der Waals surface area contributed by atoms with Crippen molar-refractivity contribution >= 4 is 21.7 Å². The molecular weight excluding hydrogens is 325 g/mol. The molecule has 0 bridgehead atoms. The van der Waals surface area contributed by atoms with E-state index in [1.807, 2.05) is 0 Å². The minimum atomic E-state index is -3.50. The van der Waals surface area contributed by atoms with Crippen LogP contribution in [-0.4, -0.2) is 55.3 Å². The van der Waals surface area contributed by atoms with E-state index in [2.05, 4.69) is 0 Å². The maximum absolute atomic E-state index is 14.1. The number of hydrogen-bond acceptors (Lipinski definition) is 4. The Labute approximate surface area is 133 Å². The Morgan fingerprint density at radius 2 is 1.91 bits per heavy atom. The second kappa shape index (κ2) is 5.59. The zero-order valence-electron chi connectivity index (χ0n) is 13.1. The van der Waals surface area contributed by atoms with Gasteiger partial charge in [-0.05, 0) is 37.1 Å². The SMILES string of the molecule is Cc1cc(S(C)(=O)=O)cc(C(=O)N2CCC(F)(C(=O)O)C2)c1C. The van der Waals surface area contributed by atoms with Crippen LogP contribution in [0.4, 0.5) is 4.39 Å². The predicted molar refractivity (Wildman–Crippen MR) is 81.0 cm³/mol. The molecule has 6 nitrogen and oxygen atoms in total. The first-order valence-corrected chi connectivity index (χ1v) is 8.88. The number of halogens is 1. The van der Waals surface area contributed by atoms with E-state index in [4.69, 9.17) is 5.11 Å². The lowest BCUT2D eigenvalue weighted by atomic mass is 10.0. The predicted octanol–water partition coefficient (Wildman–Crippen LogP) is 1.35. The van der Waals surface area contributed by atoms with Gasteiger partial charge in [0.25, 0.3) is 5.91 Å². The van der Waals surface area contributed by atoms with Crippen molar-refractivity contribution in [2.75, 3.05) is 19.3 Å². The van der Waals surface area contributed by atoms with Crippen LogP contribution < -0.4 is 0 Å². The highest BCUT2D eigenvalue weighted by Gasteiger charge is 2.47. The number of nitrogens with zero attached hydrogens (tertiary/aromatic N) is 1. The van der Waals surface area contributed by atoms with E-state index < -0.39 is 33.9 Å². The molecular formula is C15H18FNO5S. The summed E-state index contributed by atoms with van der Waals surface area (Å²) >= 11 is 0. The largest absolute Gasteiger partial charge is 0.479 e. The number of aliphatic carboxylic acids is 1. The van der Waals surface area contributed by atoms with Gasteiger partial charge >= 0.3 is 5.97 Å². The molecule has 0 radical (unpaired) electrons. The average Bonchev–Trinajstić information content (AvgIpc) is 2.84. The van der Waals surface area contributed by atoms with Gasteiger partial charge in [-0.3, -0.25) is 4.79 Å². The molecule has 1 aromatic carbocycles. The molecule has 1 unspecified atom stereocenters. The molecule has 1 aromatic rings. The summed E-state index contributed by atoms with van der Waals surface area (Å²) in [4.78, 5) is 24.6. The van der Waals surface area contributed by atoms with Gasteiger partial charge in [-0.2, -0.15) is 0 Å². The van der Waals surface area contributed by atoms with Gasteiger partial charge in [0, 0.05) is 24.8 Å². The van der Waals surface area contributed by atoms with Crippen molar-refractivity contribution in [1.29, 1.82) is 0 Å². The maximum atomic E-state index is 14.1. The normalized spacial score (nSPS) is 21.5. The van der Waals surface area contributed by atoms with Gasteiger partial charge in [0.1, 0.15) is 0 Å². The van der Waals surface area contributed by atoms with Gasteiger partial charge in [-0.1, -0.05) is 0 Å². The van der Waals surface area contributed by atoms with Crippen molar-refractivity contribution in [3.63, 3.8) is 0 Å². The first-order valence-electron chi connectivity index (χ1n) is 6.98. The highest BCUT2D eigenvalue weighted by atomic mass is 32.2. The van der Waals surface area contributed by atoms with Gasteiger partial charge in [-0.25, -0.2) is 17.6 Å². The molecule has 1 fully saturated rings. The average molecular weight is 343 g/mol. The number of carboxylic acid groups (broad SMARTS) is 1. The third kappa shape index (κ3) is 3.21. The zero-order chi connectivity index (χ0) is 17.6. The second-order valence-electron chi connectivity index (χ2n) is 5.93. The number of likely N-dealkylation sites (tertiary alicyclic amines) is 1. The molecule has 0 aliphatic carbocycles. The van der Waals surface area contributed by atoms with Gasteiger partial charge in [0.05, 0.1) is 11.4 Å². The van der Waals surface area contributed by atoms with E-state index in [1.165, 1.54) is 12.1 Å². The van der Waals surface area contributed by atoms with Crippen LogP contribution in [0.1, 0.15) is 27.9 Å². The molecule has 1 aliphatic heterocycles. The van der Waals surface area contributed by atoms with E-state index in [-0.39, 0.29) is 23.4 Å². The Hall–Kier alpha value is -1.96. The Bertz CT molecular complexity index is 789. The van der Waals surface area contributed by atoms with Gasteiger partial charge in [0.2, 0.25) is 5.67 Å². The van der Waals surface area contributed by atoms with Crippen molar-refractivity contribution in [3.8, 4) is 0 Å². The first-order chi connectivity index (χ1) is 10.5. The van der Waals surface area contributed by atoms with Crippen LogP contribution in [0.2, 0.25) is 0 Å². The van der Waals surface area contributed by atoms with Crippen LogP contribution in [0.3, 0.4) is 0 Å². The Morgan fingerprint density at radius 1 is 1.30 bits per heavy atom. The molecule has 1 aliphatic rings. The van der Waals surface area contributed by atoms with Crippen molar-refractivity contribution in [2.24, 2.45) is 0 Å². The fourth-order valence-corrected chi connectivity index (χ4v) is 3.28. The lowest BCUT2D eigenvalue weighted by Crippen LogP contribution is -2.39. The van der Waals surface area contributed by atoms with Gasteiger partial charge in [-0.15, -0.1) is 0 Å². The number of carboxylic acids is 1. The van der Waals surface area contributed by atoms with E-state index in [9.17, 15) is 22.4 Å². The Balaban J connectivity index is 2.41. The molecule has 1 saturated heterocycles. The first kappa shape index (κ1) is 17.4. The number of carbonyl (C=O) groups is 2. The van der Waals surface area contributed by atoms with Crippen LogP contribution in [0, 0.1) is 13.8 Å². The van der Waals surface area contributed by atoms with E-state index in [0.29, 0.717) is 11.1 Å². The summed E-state index contributed by atoms with van der Waals surface area (Å²) in [5.74, 6) is -2.15. The molecule has 23 heavy (non-hydrogen) atoms. The van der Waals surface area contributed by atoms with Crippen LogP contribution in [0.5, 0.6) is 0 Å². The van der Waals surface area contributed by atoms with Crippen LogP contribution >= 0.6 is 0 Å². The molecule has 126 valence electrons. The number of aryl methyl sites for hydroxylation is 1. The van der Waals surface area contributed by atoms with E-state index in [1.54, 1.807) is 13.8 Å². The summed E-state index contributed by atoms with van der Waals surface area (Å²) in [6.45, 7) is 2.79. The second-order valence-corrected chi connectivity index (χ2v) is 7.95. The fraction of sp³-hybridized carbons (Fsp3) is 0.467. The van der Waals surface area contributed by atoms with Crippen LogP contribution in [-0.2, 0) is 14.6 Å². The monoisotopic (exact) mass is 343 g/mol. The molecule has 1 N–H and O–H groups in total. The zero-order valence-corrected chi connectivity index (χ0v) is 13.9. The topological polar surface area (TPSA) is 91.8 Å². The highest BCUT2D eigenvalue weighted by Crippen LogP contribution is 2.29. The van der Waals surface area contributed by atoms with Crippen LogP contribution in [0.25, 0.3) is 0 Å². The minimum Gasteiger partial charge on any atom is -0.479 e. The molecule has 0 spiro atoms. The number of hydrogen-bond donors (Lipinski definition) is 1. The van der Waals surface area contributed by atoms with Gasteiger partial charge < -0.3 is 10.0 Å². The summed E-state index contributed by atoms with van der Waals surface area (Å²) in [6, 6.07) is 2.74. The Morgan fingerprint density at radius 3 is 2.39 bits per heavy atom. The lowest BCUT2D eigenvalue weighted by molar-refractivity contribution is -0.149. The lowest BCUT2D eigenvalue weighted by Gasteiger charge is -2.20. The number of sulfone groups is 1. The quantitative estimate of drug-likeness (QED) is 0.894. The number of amides is 1. The van der Waals surface area contributed by atoms with Crippen molar-refractivity contribution in [2.45, 2.75) is 30.8 Å². The van der Waals surface area contributed by atoms with Crippen molar-refractivity contribution in [3.05, 3.63) is 28.8 Å². The Kier molecular flexibility index (Phi) is 4.23. The maximum Gasteiger partial charge on any atom is 0.343 e. The number of alkyl halides is 1. The third-order valence-electron chi connectivity index (χ3n) is 4.19. The molecule has 0 saturated carbocycles. The summed E-state index contributed by atoms with van der Waals surface area (Å²) in [7, 11) is -3.50. The molecule has 1 amide bonds. The van der Waals surface area contributed by atoms with E-state index >= 15 is 0 Å². The van der Waals surface area contributed by atoms with Gasteiger partial charge in [0.15, 0.2) is 9.84 Å². The number of rotatable bonds is 3. The molecule has 8 heteroatoms. The summed E-state index contributed by atoms with van der Waals surface area (Å²) in [5, 5.41) is 8.90. The molecule has 1 heterocycles. The van der Waals surface area contributed by atoms with Crippen molar-refractivity contribution < 1.29 is 27.5 Å². The number of carbonyl (C=O) groups excluding carboxylic acids is 1. The third-order valence-corrected chi connectivity index (χ3v) is 5.28.